The maximum atomic E-state index is 1.38. The molecule has 0 heteroatoms. The monoisotopic (exact) mass is 204 g/mol. The minimum Gasteiger partial charge on any atom is -0.0305 e. The number of hydrogen-bond donors (Lipinski definition) is 0. The fourth-order valence-corrected chi connectivity index (χ4v) is 14.9. The van der Waals surface area contributed by atoms with Crippen LogP contribution >= 0.6 is 0 Å². The zero-order valence-electron chi connectivity index (χ0n) is 8.93. The van der Waals surface area contributed by atoms with Gasteiger partial charge < -0.3 is 0 Å². The summed E-state index contributed by atoms with van der Waals surface area (Å²) >= 11 is 0. The molecule has 0 bridgehead atoms. The van der Waals surface area contributed by atoms with Crippen LogP contribution in [0, 0.1) is 92.7 Å². The van der Waals surface area contributed by atoms with Gasteiger partial charge in [0.05, 0.1) is 0 Å². The third-order valence-corrected chi connectivity index (χ3v) is 12.7. The van der Waals surface area contributed by atoms with Gasteiger partial charge in [-0.05, 0) is 92.7 Å². The van der Waals surface area contributed by atoms with Gasteiger partial charge in [-0.2, -0.15) is 0 Å². The Hall–Kier alpha value is 0. The Labute approximate surface area is 93.1 Å². The van der Waals surface area contributed by atoms with Gasteiger partial charge in [0.25, 0.3) is 0 Å². The average molecular weight is 204 g/mol. The van der Waals surface area contributed by atoms with Gasteiger partial charge in [-0.3, -0.25) is 0 Å². The molecule has 11 rings (SSSR count). The van der Waals surface area contributed by atoms with Gasteiger partial charge in [-0.1, -0.05) is 0 Å². The largest absolute Gasteiger partial charge is 0.0305 e. The Morgan fingerprint density at radius 1 is 0.312 bits per heavy atom. The van der Waals surface area contributed by atoms with Gasteiger partial charge in [0.15, 0.2) is 0 Å². The Kier molecular flexibility index (Phi) is 0.272. The molecule has 0 aliphatic heterocycles. The van der Waals surface area contributed by atoms with Crippen molar-refractivity contribution < 1.29 is 0 Å². The quantitative estimate of drug-likeness (QED) is 0.524. The maximum Gasteiger partial charge on any atom is -0.00934 e. The summed E-state index contributed by atoms with van der Waals surface area (Å²) in [5, 5.41) is 0. The van der Waals surface area contributed by atoms with Gasteiger partial charge in [-0.15, -0.1) is 0 Å². The van der Waals surface area contributed by atoms with Crippen molar-refractivity contribution in [2.24, 2.45) is 92.7 Å². The molecule has 0 aromatic rings. The van der Waals surface area contributed by atoms with Crippen molar-refractivity contribution in [3.8, 4) is 0 Å². The Bertz CT molecular complexity index is 549. The fraction of sp³-hybridized carbons (Fsp3) is 1.00. The van der Waals surface area contributed by atoms with Crippen LogP contribution in [0.5, 0.6) is 0 Å². The number of fused-ring (bicyclic) bond motifs is 8. The van der Waals surface area contributed by atoms with Crippen LogP contribution in [0.2, 0.25) is 0 Å². The van der Waals surface area contributed by atoms with Crippen molar-refractivity contribution in [2.75, 3.05) is 0 Å². The molecule has 11 aliphatic carbocycles. The van der Waals surface area contributed by atoms with E-state index in [-0.39, 0.29) is 0 Å². The van der Waals surface area contributed by atoms with Gasteiger partial charge in [0.1, 0.15) is 0 Å². The highest BCUT2D eigenvalue weighted by Gasteiger charge is 3.33. The second-order valence-corrected chi connectivity index (χ2v) is 9.99. The van der Waals surface area contributed by atoms with E-state index in [0.717, 1.165) is 21.7 Å². The summed E-state index contributed by atoms with van der Waals surface area (Å²) in [7, 11) is 0. The summed E-state index contributed by atoms with van der Waals surface area (Å²) in [4.78, 5) is 0. The molecule has 0 saturated heterocycles. The van der Waals surface area contributed by atoms with Crippen LogP contribution < -0.4 is 0 Å². The highest BCUT2D eigenvalue weighted by molar-refractivity contribution is 5.79. The van der Waals surface area contributed by atoms with Gasteiger partial charge in [-0.25, -0.2) is 0 Å². The first-order chi connectivity index (χ1) is 7.98. The Balaban J connectivity index is 1.55. The molecule has 0 amide bonds. The van der Waals surface area contributed by atoms with E-state index in [0.29, 0.717) is 0 Å². The molecular formula is C16H12. The van der Waals surface area contributed by atoms with Crippen LogP contribution in [-0.4, -0.2) is 0 Å². The van der Waals surface area contributed by atoms with E-state index in [4.69, 9.17) is 0 Å². The molecule has 8 atom stereocenters. The van der Waals surface area contributed by atoms with Crippen LogP contribution in [0.3, 0.4) is 0 Å². The SMILES string of the molecule is C12C3C4C1C15C2C2C6C7C8C6C21C81C7C3C451. The van der Waals surface area contributed by atoms with Crippen LogP contribution in [0.4, 0.5) is 0 Å². The van der Waals surface area contributed by atoms with Gasteiger partial charge in [0, 0.05) is 0 Å². The molecular weight excluding hydrogens is 192 g/mol. The molecule has 4 spiro atoms. The van der Waals surface area contributed by atoms with Crippen LogP contribution in [0.1, 0.15) is 0 Å². The average Bonchev–Trinajstić information content (AvgIpc) is 2.20. The van der Waals surface area contributed by atoms with Crippen molar-refractivity contribution in [1.82, 2.24) is 0 Å². The topological polar surface area (TPSA) is 0 Å². The maximum absolute atomic E-state index is 1.38. The molecule has 0 aromatic carbocycles. The Morgan fingerprint density at radius 3 is 0.688 bits per heavy atom. The minimum atomic E-state index is 1.14. The van der Waals surface area contributed by atoms with E-state index in [1.54, 1.807) is 0 Å². The van der Waals surface area contributed by atoms with E-state index in [2.05, 4.69) is 0 Å². The Morgan fingerprint density at radius 2 is 0.500 bits per heavy atom. The highest BCUT2D eigenvalue weighted by Crippen LogP contribution is 3.35. The van der Waals surface area contributed by atoms with Crippen molar-refractivity contribution >= 4 is 0 Å². The lowest BCUT2D eigenvalue weighted by Gasteiger charge is -3.36. The third kappa shape index (κ3) is 0.121. The molecule has 11 aliphatic rings. The molecule has 0 nitrogen and oxygen atoms in total. The van der Waals surface area contributed by atoms with E-state index in [9.17, 15) is 0 Å². The molecule has 0 N–H and O–H groups in total. The van der Waals surface area contributed by atoms with Gasteiger partial charge in [0.2, 0.25) is 0 Å². The predicted octanol–water partition coefficient (Wildman–Crippen LogP) is 1.48. The van der Waals surface area contributed by atoms with E-state index in [1.807, 2.05) is 0 Å². The lowest BCUT2D eigenvalue weighted by atomic mass is 8.67. The van der Waals surface area contributed by atoms with E-state index >= 15 is 0 Å². The normalized spacial score (nSPS) is 129. The molecule has 16 heavy (non-hydrogen) atoms. The molecule has 0 aromatic heterocycles. The summed E-state index contributed by atoms with van der Waals surface area (Å²) in [5.41, 5.74) is 4.55. The lowest BCUT2D eigenvalue weighted by Crippen LogP contribution is -3.34. The summed E-state index contributed by atoms with van der Waals surface area (Å²) in [6.45, 7) is 0. The first-order valence-corrected chi connectivity index (χ1v) is 7.98. The summed E-state index contributed by atoms with van der Waals surface area (Å²) in [6.07, 6.45) is 0. The van der Waals surface area contributed by atoms with E-state index < -0.39 is 0 Å². The smallest absolute Gasteiger partial charge is 0.00934 e. The second-order valence-electron chi connectivity index (χ2n) is 9.99. The molecule has 11 saturated carbocycles. The first-order valence-electron chi connectivity index (χ1n) is 7.98. The van der Waals surface area contributed by atoms with Gasteiger partial charge >= 0.3 is 0 Å². The lowest BCUT2D eigenvalue weighted by molar-refractivity contribution is -0.908. The summed E-state index contributed by atoms with van der Waals surface area (Å²) in [5.74, 6) is 16.4. The van der Waals surface area contributed by atoms with Crippen molar-refractivity contribution in [3.05, 3.63) is 0 Å². The van der Waals surface area contributed by atoms with Crippen molar-refractivity contribution in [2.45, 2.75) is 0 Å². The molecule has 0 heterocycles. The van der Waals surface area contributed by atoms with Crippen molar-refractivity contribution in [3.63, 3.8) is 0 Å². The predicted molar refractivity (Wildman–Crippen MR) is 51.6 cm³/mol. The van der Waals surface area contributed by atoms with Crippen LogP contribution in [-0.2, 0) is 0 Å². The zero-order chi connectivity index (χ0) is 8.93. The minimum absolute atomic E-state index is 1.14. The molecule has 11 fully saturated rings. The van der Waals surface area contributed by atoms with Crippen molar-refractivity contribution in [1.29, 1.82) is 0 Å². The number of rotatable bonds is 0. The molecule has 0 radical (unpaired) electrons. The second kappa shape index (κ2) is 0.817. The zero-order valence-corrected chi connectivity index (χ0v) is 8.93. The summed E-state index contributed by atoms with van der Waals surface area (Å²) < 4.78 is 0. The molecule has 76 valence electrons. The van der Waals surface area contributed by atoms with Crippen LogP contribution in [0.15, 0.2) is 0 Å². The molecule has 8 unspecified atom stereocenters. The summed E-state index contributed by atoms with van der Waals surface area (Å²) in [6, 6.07) is 0. The standard InChI is InChI=1S/C16H12/c1-2-6-5(1)13-9(1)11-3-4-8-7(3)15(11,13)16(8)12(4)10(2)14(6,13)16/h1-12H. The van der Waals surface area contributed by atoms with E-state index in [1.165, 1.54) is 71.0 Å². The number of hydrogen-bond acceptors (Lipinski definition) is 0. The first kappa shape index (κ1) is 5.33. The third-order valence-electron chi connectivity index (χ3n) is 12.7. The highest BCUT2D eigenvalue weighted by atomic mass is 15.4. The fourth-order valence-electron chi connectivity index (χ4n) is 14.9. The van der Waals surface area contributed by atoms with Crippen LogP contribution in [0.25, 0.3) is 0 Å².